The molecule has 1 heterocycles. The minimum absolute atomic E-state index is 0.0349. The van der Waals surface area contributed by atoms with Crippen molar-refractivity contribution in [2.24, 2.45) is 0 Å². The van der Waals surface area contributed by atoms with Gasteiger partial charge in [0.1, 0.15) is 5.82 Å². The summed E-state index contributed by atoms with van der Waals surface area (Å²) < 4.78 is 13.1. The van der Waals surface area contributed by atoms with Gasteiger partial charge in [-0.25, -0.2) is 4.39 Å². The van der Waals surface area contributed by atoms with Gasteiger partial charge in [0.15, 0.2) is 0 Å². The third-order valence-corrected chi connectivity index (χ3v) is 4.65. The molecule has 1 saturated carbocycles. The van der Waals surface area contributed by atoms with Crippen LogP contribution in [0.3, 0.4) is 0 Å². The summed E-state index contributed by atoms with van der Waals surface area (Å²) in [4.78, 5) is 27.9. The van der Waals surface area contributed by atoms with Gasteiger partial charge in [-0.05, 0) is 36.6 Å². The lowest BCUT2D eigenvalue weighted by molar-refractivity contribution is -0.128. The first kappa shape index (κ1) is 17.9. The minimum Gasteiger partial charge on any atom is -0.352 e. The van der Waals surface area contributed by atoms with Crippen molar-refractivity contribution in [3.63, 3.8) is 0 Å². The van der Waals surface area contributed by atoms with Gasteiger partial charge in [-0.2, -0.15) is 0 Å². The lowest BCUT2D eigenvalue weighted by Crippen LogP contribution is -2.51. The van der Waals surface area contributed by atoms with Crippen molar-refractivity contribution >= 4 is 29.5 Å². The molecule has 25 heavy (non-hydrogen) atoms. The van der Waals surface area contributed by atoms with Crippen LogP contribution in [0.5, 0.6) is 0 Å². The zero-order chi connectivity index (χ0) is 17.8. The van der Waals surface area contributed by atoms with E-state index in [0.29, 0.717) is 44.3 Å². The van der Waals surface area contributed by atoms with E-state index >= 15 is 0 Å². The van der Waals surface area contributed by atoms with E-state index < -0.39 is 5.82 Å². The number of amides is 2. The van der Waals surface area contributed by atoms with Gasteiger partial charge < -0.3 is 10.2 Å². The number of hydrogen-bond donors (Lipinski definition) is 1. The maximum absolute atomic E-state index is 13.1. The molecule has 0 spiro atoms. The van der Waals surface area contributed by atoms with Crippen LogP contribution in [-0.4, -0.2) is 60.4 Å². The Morgan fingerprint density at radius 3 is 2.60 bits per heavy atom. The molecule has 0 radical (unpaired) electrons. The molecule has 2 amide bonds. The highest BCUT2D eigenvalue weighted by molar-refractivity contribution is 6.30. The molecule has 1 aromatic carbocycles. The largest absolute Gasteiger partial charge is 0.352 e. The number of nitrogens with one attached hydrogen (secondary N) is 1. The molecular weight excluding hydrogens is 345 g/mol. The van der Waals surface area contributed by atoms with Crippen LogP contribution in [0.15, 0.2) is 24.3 Å². The maximum Gasteiger partial charge on any atom is 0.246 e. The quantitative estimate of drug-likeness (QED) is 0.811. The van der Waals surface area contributed by atoms with Crippen molar-refractivity contribution < 1.29 is 14.0 Å². The molecule has 1 aliphatic carbocycles. The summed E-state index contributed by atoms with van der Waals surface area (Å²) >= 11 is 5.73. The van der Waals surface area contributed by atoms with Gasteiger partial charge in [0.25, 0.3) is 0 Å². The monoisotopic (exact) mass is 365 g/mol. The van der Waals surface area contributed by atoms with Crippen LogP contribution in [0, 0.1) is 5.82 Å². The van der Waals surface area contributed by atoms with Gasteiger partial charge in [-0.15, -0.1) is 0 Å². The number of carbonyl (C=O) groups excluding carboxylic acids is 2. The van der Waals surface area contributed by atoms with E-state index in [9.17, 15) is 14.0 Å². The Morgan fingerprint density at radius 2 is 1.96 bits per heavy atom. The summed E-state index contributed by atoms with van der Waals surface area (Å²) in [7, 11) is 0. The van der Waals surface area contributed by atoms with Crippen molar-refractivity contribution in [2.75, 3.05) is 32.7 Å². The van der Waals surface area contributed by atoms with Crippen LogP contribution >= 0.6 is 11.6 Å². The summed E-state index contributed by atoms with van der Waals surface area (Å²) in [5.74, 6) is -0.509. The summed E-state index contributed by atoms with van der Waals surface area (Å²) in [5, 5.41) is 3.01. The second-order valence-electron chi connectivity index (χ2n) is 6.45. The van der Waals surface area contributed by atoms with Crippen LogP contribution in [-0.2, 0) is 9.59 Å². The summed E-state index contributed by atoms with van der Waals surface area (Å²) in [5.41, 5.74) is 0.676. The normalized spacial score (nSPS) is 18.6. The second-order valence-corrected chi connectivity index (χ2v) is 6.86. The first-order valence-corrected chi connectivity index (χ1v) is 8.83. The molecule has 1 aliphatic heterocycles. The Kier molecular flexibility index (Phi) is 5.71. The van der Waals surface area contributed by atoms with E-state index in [0.717, 1.165) is 12.8 Å². The highest BCUT2D eigenvalue weighted by Crippen LogP contribution is 2.18. The fourth-order valence-electron chi connectivity index (χ4n) is 2.72. The molecule has 3 rings (SSSR count). The van der Waals surface area contributed by atoms with Crippen LogP contribution in [0.2, 0.25) is 5.02 Å². The Bertz CT molecular complexity index is 683. The lowest BCUT2D eigenvalue weighted by Gasteiger charge is -2.33. The molecule has 0 bridgehead atoms. The third-order valence-electron chi connectivity index (χ3n) is 4.36. The van der Waals surface area contributed by atoms with Crippen LogP contribution in [0.1, 0.15) is 18.4 Å². The van der Waals surface area contributed by atoms with E-state index in [1.165, 1.54) is 18.2 Å². The van der Waals surface area contributed by atoms with Gasteiger partial charge in [-0.1, -0.05) is 17.7 Å². The number of hydrogen-bond acceptors (Lipinski definition) is 3. The lowest BCUT2D eigenvalue weighted by atomic mass is 10.2. The third kappa shape index (κ3) is 5.28. The van der Waals surface area contributed by atoms with Gasteiger partial charge >= 0.3 is 0 Å². The molecule has 2 aliphatic rings. The zero-order valence-corrected chi connectivity index (χ0v) is 14.6. The van der Waals surface area contributed by atoms with Crippen molar-refractivity contribution in [1.82, 2.24) is 15.1 Å². The van der Waals surface area contributed by atoms with Crippen molar-refractivity contribution in [1.29, 1.82) is 0 Å². The molecule has 1 saturated heterocycles. The van der Waals surface area contributed by atoms with Crippen LogP contribution < -0.4 is 5.32 Å². The zero-order valence-electron chi connectivity index (χ0n) is 13.9. The fourth-order valence-corrected chi connectivity index (χ4v) is 2.91. The van der Waals surface area contributed by atoms with Crippen molar-refractivity contribution in [2.45, 2.75) is 18.9 Å². The molecule has 0 aromatic heterocycles. The molecular formula is C18H21ClFN3O2. The molecule has 2 fully saturated rings. The topological polar surface area (TPSA) is 52.7 Å². The standard InChI is InChI=1S/C18H21ClFN3O2/c19-15-11-13(1-5-16(15)20)2-6-18(25)23-9-7-22(8-10-23)12-17(24)21-14-3-4-14/h1-2,5-6,11,14H,3-4,7-10,12H2,(H,21,24)/b6-2+. The highest BCUT2D eigenvalue weighted by atomic mass is 35.5. The second kappa shape index (κ2) is 7.97. The van der Waals surface area contributed by atoms with Gasteiger partial charge in [0.2, 0.25) is 11.8 Å². The number of piperazine rings is 1. The Labute approximate surface area is 151 Å². The SMILES string of the molecule is O=C(CN1CCN(C(=O)/C=C/c2ccc(F)c(Cl)c2)CC1)NC1CC1. The maximum atomic E-state index is 13.1. The molecule has 1 N–H and O–H groups in total. The number of benzene rings is 1. The van der Waals surface area contributed by atoms with Crippen molar-refractivity contribution in [3.05, 3.63) is 40.7 Å². The molecule has 0 atom stereocenters. The number of nitrogens with zero attached hydrogens (tertiary/aromatic N) is 2. The fraction of sp³-hybridized carbons (Fsp3) is 0.444. The predicted molar refractivity (Wildman–Crippen MR) is 94.6 cm³/mol. The first-order chi connectivity index (χ1) is 12.0. The summed E-state index contributed by atoms with van der Waals surface area (Å²) in [6.45, 7) is 2.93. The van der Waals surface area contributed by atoms with Crippen molar-refractivity contribution in [3.8, 4) is 0 Å². The van der Waals surface area contributed by atoms with E-state index in [-0.39, 0.29) is 16.8 Å². The van der Waals surface area contributed by atoms with Gasteiger partial charge in [-0.3, -0.25) is 14.5 Å². The van der Waals surface area contributed by atoms with E-state index in [1.807, 2.05) is 0 Å². The summed E-state index contributed by atoms with van der Waals surface area (Å²) in [6.07, 6.45) is 5.27. The van der Waals surface area contributed by atoms with Crippen LogP contribution in [0.25, 0.3) is 6.08 Å². The Balaban J connectivity index is 1.45. The Morgan fingerprint density at radius 1 is 1.24 bits per heavy atom. The molecule has 134 valence electrons. The first-order valence-electron chi connectivity index (χ1n) is 8.45. The number of rotatable bonds is 5. The van der Waals surface area contributed by atoms with E-state index in [4.69, 9.17) is 11.6 Å². The molecule has 7 heteroatoms. The molecule has 5 nitrogen and oxygen atoms in total. The number of carbonyl (C=O) groups is 2. The van der Waals surface area contributed by atoms with Crippen LogP contribution in [0.4, 0.5) is 4.39 Å². The van der Waals surface area contributed by atoms with E-state index in [1.54, 1.807) is 17.0 Å². The summed E-state index contributed by atoms with van der Waals surface area (Å²) in [6, 6.07) is 4.71. The minimum atomic E-state index is -0.480. The number of halogens is 2. The average molecular weight is 366 g/mol. The van der Waals surface area contributed by atoms with Gasteiger partial charge in [0.05, 0.1) is 11.6 Å². The smallest absolute Gasteiger partial charge is 0.246 e. The molecule has 1 aromatic rings. The predicted octanol–water partition coefficient (Wildman–Crippen LogP) is 1.92. The molecule has 0 unspecified atom stereocenters. The van der Waals surface area contributed by atoms with E-state index in [2.05, 4.69) is 10.2 Å². The average Bonchev–Trinajstić information content (AvgIpc) is 3.40. The van der Waals surface area contributed by atoms with Gasteiger partial charge in [0, 0.05) is 38.3 Å². The highest BCUT2D eigenvalue weighted by Gasteiger charge is 2.25. The Hall–Kier alpha value is -1.92.